The molecule has 0 heterocycles. The van der Waals surface area contributed by atoms with Crippen LogP contribution in [0.3, 0.4) is 0 Å². The van der Waals surface area contributed by atoms with E-state index in [1.54, 1.807) is 6.07 Å². The molecule has 2 nitrogen and oxygen atoms in total. The summed E-state index contributed by atoms with van der Waals surface area (Å²) in [5, 5.41) is 4.69. The number of nitrogens with two attached hydrogens (primary N) is 1. The monoisotopic (exact) mass is 294 g/mol. The smallest absolute Gasteiger partial charge is 0.0424 e. The van der Waals surface area contributed by atoms with Crippen LogP contribution in [0, 0.1) is 0 Å². The molecule has 0 fully saturated rings. The Bertz CT molecular complexity index is 518. The Labute approximate surface area is 123 Å². The summed E-state index contributed by atoms with van der Waals surface area (Å²) < 4.78 is 0. The number of hydrogen-bond donors (Lipinski definition) is 2. The molecule has 2 aromatic rings. The number of hydrogen-bond acceptors (Lipinski definition) is 2. The standard InChI is InChI=1S/C15H16Cl2N2/c16-14-5-13(6-15(17)7-14)10-19-9-12-3-1-11(8-18)2-4-12/h1-7,19H,8-10,18H2. The third kappa shape index (κ3) is 4.51. The zero-order valence-corrected chi connectivity index (χ0v) is 12.0. The Kier molecular flexibility index (Phi) is 5.23. The Hall–Kier alpha value is -1.06. The molecule has 4 heteroatoms. The second-order valence-electron chi connectivity index (χ2n) is 4.40. The van der Waals surface area contributed by atoms with Crippen LogP contribution in [0.25, 0.3) is 0 Å². The lowest BCUT2D eigenvalue weighted by atomic mass is 10.1. The van der Waals surface area contributed by atoms with Gasteiger partial charge in [-0.25, -0.2) is 0 Å². The van der Waals surface area contributed by atoms with Gasteiger partial charge in [0.15, 0.2) is 0 Å². The molecule has 0 bridgehead atoms. The maximum atomic E-state index is 5.96. The summed E-state index contributed by atoms with van der Waals surface area (Å²) >= 11 is 11.9. The van der Waals surface area contributed by atoms with Gasteiger partial charge in [-0.05, 0) is 34.9 Å². The fourth-order valence-corrected chi connectivity index (χ4v) is 2.43. The molecule has 0 aliphatic carbocycles. The molecular formula is C15H16Cl2N2. The number of rotatable bonds is 5. The van der Waals surface area contributed by atoms with Gasteiger partial charge in [-0.2, -0.15) is 0 Å². The molecule has 2 rings (SSSR count). The minimum atomic E-state index is 0.578. The van der Waals surface area contributed by atoms with E-state index >= 15 is 0 Å². The van der Waals surface area contributed by atoms with E-state index < -0.39 is 0 Å². The molecule has 2 aromatic carbocycles. The molecular weight excluding hydrogens is 279 g/mol. The van der Waals surface area contributed by atoms with Crippen LogP contribution in [-0.2, 0) is 19.6 Å². The van der Waals surface area contributed by atoms with Gasteiger partial charge in [0.2, 0.25) is 0 Å². The van der Waals surface area contributed by atoms with E-state index in [0.717, 1.165) is 24.2 Å². The van der Waals surface area contributed by atoms with Crippen molar-refractivity contribution in [3.05, 3.63) is 69.2 Å². The molecule has 19 heavy (non-hydrogen) atoms. The highest BCUT2D eigenvalue weighted by Crippen LogP contribution is 2.18. The van der Waals surface area contributed by atoms with Gasteiger partial charge in [0.1, 0.15) is 0 Å². The highest BCUT2D eigenvalue weighted by atomic mass is 35.5. The van der Waals surface area contributed by atoms with Crippen molar-refractivity contribution in [2.24, 2.45) is 5.73 Å². The van der Waals surface area contributed by atoms with Crippen molar-refractivity contribution in [2.45, 2.75) is 19.6 Å². The molecule has 0 saturated carbocycles. The maximum Gasteiger partial charge on any atom is 0.0424 e. The number of nitrogens with one attached hydrogen (secondary N) is 1. The van der Waals surface area contributed by atoms with E-state index in [1.807, 2.05) is 24.3 Å². The third-order valence-electron chi connectivity index (χ3n) is 2.84. The molecule has 0 atom stereocenters. The average molecular weight is 295 g/mol. The highest BCUT2D eigenvalue weighted by molar-refractivity contribution is 6.34. The highest BCUT2D eigenvalue weighted by Gasteiger charge is 1.99. The zero-order valence-electron chi connectivity index (χ0n) is 10.5. The topological polar surface area (TPSA) is 38.0 Å². The Morgan fingerprint density at radius 1 is 0.789 bits per heavy atom. The molecule has 0 aliphatic rings. The van der Waals surface area contributed by atoms with Gasteiger partial charge in [-0.1, -0.05) is 47.5 Å². The van der Waals surface area contributed by atoms with E-state index in [9.17, 15) is 0 Å². The van der Waals surface area contributed by atoms with Crippen LogP contribution >= 0.6 is 23.2 Å². The van der Waals surface area contributed by atoms with E-state index in [0.29, 0.717) is 16.6 Å². The van der Waals surface area contributed by atoms with Crippen molar-refractivity contribution in [1.29, 1.82) is 0 Å². The molecule has 0 aromatic heterocycles. The van der Waals surface area contributed by atoms with E-state index in [4.69, 9.17) is 28.9 Å². The lowest BCUT2D eigenvalue weighted by molar-refractivity contribution is 0.693. The summed E-state index contributed by atoms with van der Waals surface area (Å²) in [6.45, 7) is 2.11. The van der Waals surface area contributed by atoms with Crippen molar-refractivity contribution >= 4 is 23.2 Å². The first-order chi connectivity index (χ1) is 9.17. The van der Waals surface area contributed by atoms with E-state index in [2.05, 4.69) is 17.4 Å². The van der Waals surface area contributed by atoms with Crippen molar-refractivity contribution in [1.82, 2.24) is 5.32 Å². The van der Waals surface area contributed by atoms with Crippen LogP contribution < -0.4 is 11.1 Å². The molecule has 0 spiro atoms. The van der Waals surface area contributed by atoms with Gasteiger partial charge in [0.05, 0.1) is 0 Å². The predicted molar refractivity (Wildman–Crippen MR) is 81.3 cm³/mol. The Balaban J connectivity index is 1.88. The van der Waals surface area contributed by atoms with Crippen molar-refractivity contribution in [2.75, 3.05) is 0 Å². The third-order valence-corrected chi connectivity index (χ3v) is 3.28. The van der Waals surface area contributed by atoms with Gasteiger partial charge >= 0.3 is 0 Å². The molecule has 3 N–H and O–H groups in total. The van der Waals surface area contributed by atoms with Crippen molar-refractivity contribution in [3.8, 4) is 0 Å². The minimum absolute atomic E-state index is 0.578. The quantitative estimate of drug-likeness (QED) is 0.881. The first kappa shape index (κ1) is 14.4. The van der Waals surface area contributed by atoms with Gasteiger partial charge < -0.3 is 11.1 Å². The van der Waals surface area contributed by atoms with Crippen LogP contribution in [0.4, 0.5) is 0 Å². The van der Waals surface area contributed by atoms with Gasteiger partial charge in [-0.3, -0.25) is 0 Å². The number of halogens is 2. The average Bonchev–Trinajstić information content (AvgIpc) is 2.38. The van der Waals surface area contributed by atoms with Crippen LogP contribution in [0.2, 0.25) is 10.0 Å². The van der Waals surface area contributed by atoms with Crippen LogP contribution in [0.5, 0.6) is 0 Å². The lowest BCUT2D eigenvalue weighted by Crippen LogP contribution is -2.12. The lowest BCUT2D eigenvalue weighted by Gasteiger charge is -2.07. The first-order valence-electron chi connectivity index (χ1n) is 6.11. The van der Waals surface area contributed by atoms with E-state index in [-0.39, 0.29) is 0 Å². The Morgan fingerprint density at radius 3 is 1.89 bits per heavy atom. The van der Waals surface area contributed by atoms with E-state index in [1.165, 1.54) is 5.56 Å². The van der Waals surface area contributed by atoms with Crippen molar-refractivity contribution in [3.63, 3.8) is 0 Å². The van der Waals surface area contributed by atoms with Crippen LogP contribution in [0.1, 0.15) is 16.7 Å². The summed E-state index contributed by atoms with van der Waals surface area (Å²) in [6.07, 6.45) is 0. The van der Waals surface area contributed by atoms with Gasteiger partial charge in [0.25, 0.3) is 0 Å². The minimum Gasteiger partial charge on any atom is -0.326 e. The SMILES string of the molecule is NCc1ccc(CNCc2cc(Cl)cc(Cl)c2)cc1. The molecule has 0 saturated heterocycles. The predicted octanol–water partition coefficient (Wildman–Crippen LogP) is 3.74. The number of benzene rings is 2. The fraction of sp³-hybridized carbons (Fsp3) is 0.200. The van der Waals surface area contributed by atoms with Crippen LogP contribution in [0.15, 0.2) is 42.5 Å². The van der Waals surface area contributed by atoms with Crippen molar-refractivity contribution < 1.29 is 0 Å². The molecule has 0 unspecified atom stereocenters. The molecule has 0 radical (unpaired) electrons. The summed E-state index contributed by atoms with van der Waals surface area (Å²) in [4.78, 5) is 0. The van der Waals surface area contributed by atoms with Gasteiger partial charge in [0, 0.05) is 29.7 Å². The summed E-state index contributed by atoms with van der Waals surface area (Å²) in [5.74, 6) is 0. The Morgan fingerprint density at radius 2 is 1.32 bits per heavy atom. The first-order valence-corrected chi connectivity index (χ1v) is 6.86. The molecule has 0 aliphatic heterocycles. The summed E-state index contributed by atoms with van der Waals surface area (Å²) in [6, 6.07) is 13.8. The zero-order chi connectivity index (χ0) is 13.7. The summed E-state index contributed by atoms with van der Waals surface area (Å²) in [5.41, 5.74) is 9.01. The van der Waals surface area contributed by atoms with Gasteiger partial charge in [-0.15, -0.1) is 0 Å². The maximum absolute atomic E-state index is 5.96. The second-order valence-corrected chi connectivity index (χ2v) is 5.27. The summed E-state index contributed by atoms with van der Waals surface area (Å²) in [7, 11) is 0. The largest absolute Gasteiger partial charge is 0.326 e. The fourth-order valence-electron chi connectivity index (χ4n) is 1.86. The normalized spacial score (nSPS) is 10.7. The molecule has 100 valence electrons. The second kappa shape index (κ2) is 6.92. The molecule has 0 amide bonds. The van der Waals surface area contributed by atoms with Crippen LogP contribution in [-0.4, -0.2) is 0 Å².